The normalized spacial score (nSPS) is 14.4. The van der Waals surface area contributed by atoms with Crippen LogP contribution in [0.15, 0.2) is 36.4 Å². The largest absolute Gasteiger partial charge is 0.0654 e. The van der Waals surface area contributed by atoms with Crippen molar-refractivity contribution in [3.63, 3.8) is 0 Å². The van der Waals surface area contributed by atoms with Crippen LogP contribution in [0.25, 0.3) is 0 Å². The molecule has 2 aromatic rings. The minimum atomic E-state index is 0.0665. The zero-order valence-corrected chi connectivity index (χ0v) is 27.1. The SMILES string of the molecule is CCCCCCC(C)[C](c1ccc(C(C)(C)C)cc1C(C)(C)C)c1ccc(C(C)(C)C)cc1C(C)(C)C. The van der Waals surface area contributed by atoms with Gasteiger partial charge in [0.05, 0.1) is 0 Å². The fourth-order valence-electron chi connectivity index (χ4n) is 5.43. The average Bonchev–Trinajstić information content (AvgIpc) is 2.74. The zero-order chi connectivity index (χ0) is 28.4. The van der Waals surface area contributed by atoms with E-state index in [4.69, 9.17) is 0 Å². The van der Waals surface area contributed by atoms with Crippen molar-refractivity contribution in [1.82, 2.24) is 0 Å². The Balaban J connectivity index is 2.84. The molecule has 1 unspecified atom stereocenters. The van der Waals surface area contributed by atoms with Gasteiger partial charge in [-0.2, -0.15) is 0 Å². The monoisotopic (exact) mass is 503 g/mol. The van der Waals surface area contributed by atoms with Crippen LogP contribution in [-0.4, -0.2) is 0 Å². The van der Waals surface area contributed by atoms with Crippen molar-refractivity contribution in [3.05, 3.63) is 75.7 Å². The predicted octanol–water partition coefficient (Wildman–Crippen LogP) is 11.5. The van der Waals surface area contributed by atoms with E-state index in [1.807, 2.05) is 0 Å². The lowest BCUT2D eigenvalue weighted by molar-refractivity contribution is 0.504. The lowest BCUT2D eigenvalue weighted by Gasteiger charge is -2.36. The van der Waals surface area contributed by atoms with Crippen LogP contribution in [0.4, 0.5) is 0 Å². The van der Waals surface area contributed by atoms with E-state index >= 15 is 0 Å². The van der Waals surface area contributed by atoms with E-state index in [2.05, 4.69) is 133 Å². The van der Waals surface area contributed by atoms with Gasteiger partial charge < -0.3 is 0 Å². The van der Waals surface area contributed by atoms with Gasteiger partial charge in [-0.3, -0.25) is 0 Å². The Morgan fingerprint density at radius 1 is 0.568 bits per heavy atom. The van der Waals surface area contributed by atoms with Gasteiger partial charge in [0.15, 0.2) is 0 Å². The minimum absolute atomic E-state index is 0.0665. The van der Waals surface area contributed by atoms with E-state index < -0.39 is 0 Å². The summed E-state index contributed by atoms with van der Waals surface area (Å²) in [7, 11) is 0. The summed E-state index contributed by atoms with van der Waals surface area (Å²) in [6.07, 6.45) is 6.50. The quantitative estimate of drug-likeness (QED) is 0.314. The molecule has 0 spiro atoms. The topological polar surface area (TPSA) is 0 Å². The molecule has 1 atom stereocenters. The summed E-state index contributed by atoms with van der Waals surface area (Å²) in [5, 5.41) is 0. The Morgan fingerprint density at radius 2 is 0.973 bits per heavy atom. The maximum absolute atomic E-state index is 2.51. The zero-order valence-electron chi connectivity index (χ0n) is 27.1. The Bertz CT molecular complexity index is 932. The van der Waals surface area contributed by atoms with E-state index in [-0.39, 0.29) is 21.7 Å². The van der Waals surface area contributed by atoms with Crippen LogP contribution in [0.1, 0.15) is 162 Å². The second-order valence-corrected chi connectivity index (χ2v) is 15.7. The van der Waals surface area contributed by atoms with Gasteiger partial charge >= 0.3 is 0 Å². The van der Waals surface area contributed by atoms with Crippen LogP contribution in [-0.2, 0) is 21.7 Å². The summed E-state index contributed by atoms with van der Waals surface area (Å²) >= 11 is 0. The molecule has 0 bridgehead atoms. The number of hydrogen-bond acceptors (Lipinski definition) is 0. The van der Waals surface area contributed by atoms with E-state index in [9.17, 15) is 0 Å². The highest BCUT2D eigenvalue weighted by molar-refractivity contribution is 5.58. The first kappa shape index (κ1) is 31.7. The number of unbranched alkanes of at least 4 members (excludes halogenated alkanes) is 3. The first-order valence-electron chi connectivity index (χ1n) is 15.0. The van der Waals surface area contributed by atoms with Crippen molar-refractivity contribution in [3.8, 4) is 0 Å². The van der Waals surface area contributed by atoms with Crippen molar-refractivity contribution >= 4 is 0 Å². The van der Waals surface area contributed by atoms with Crippen LogP contribution in [0, 0.1) is 11.8 Å². The molecule has 0 aliphatic carbocycles. The van der Waals surface area contributed by atoms with Gasteiger partial charge in [-0.1, -0.05) is 159 Å². The second kappa shape index (κ2) is 11.7. The first-order chi connectivity index (χ1) is 16.8. The molecule has 0 aliphatic heterocycles. The summed E-state index contributed by atoms with van der Waals surface area (Å²) in [6, 6.07) is 14.7. The maximum atomic E-state index is 2.51. The van der Waals surface area contributed by atoms with Crippen LogP contribution in [0.5, 0.6) is 0 Å². The lowest BCUT2D eigenvalue weighted by atomic mass is 9.68. The molecule has 0 aromatic heterocycles. The molecule has 0 heteroatoms. The summed E-state index contributed by atoms with van der Waals surface area (Å²) in [6.45, 7) is 33.1. The molecule has 207 valence electrons. The van der Waals surface area contributed by atoms with Crippen molar-refractivity contribution in [1.29, 1.82) is 0 Å². The standard InChI is InChI=1S/C37H59/c1-15-16-17-18-19-26(2)33(29-22-20-27(34(3,4)5)24-31(29)36(9,10)11)30-23-21-28(35(6,7)8)25-32(30)37(12,13)14/h20-26H,15-19H2,1-14H3. The van der Waals surface area contributed by atoms with Gasteiger partial charge in [-0.05, 0) is 67.4 Å². The average molecular weight is 504 g/mol. The van der Waals surface area contributed by atoms with Crippen LogP contribution in [0.2, 0.25) is 0 Å². The molecule has 0 saturated heterocycles. The number of benzene rings is 2. The Kier molecular flexibility index (Phi) is 9.99. The van der Waals surface area contributed by atoms with E-state index in [1.54, 1.807) is 5.92 Å². The molecule has 2 rings (SSSR count). The molecule has 0 amide bonds. The lowest BCUT2D eigenvalue weighted by Crippen LogP contribution is -2.26. The number of hydrogen-bond donors (Lipinski definition) is 0. The van der Waals surface area contributed by atoms with Crippen LogP contribution >= 0.6 is 0 Å². The number of rotatable bonds is 8. The second-order valence-electron chi connectivity index (χ2n) is 15.7. The van der Waals surface area contributed by atoms with E-state index in [1.165, 1.54) is 65.5 Å². The highest BCUT2D eigenvalue weighted by Gasteiger charge is 2.33. The fourth-order valence-corrected chi connectivity index (χ4v) is 5.43. The van der Waals surface area contributed by atoms with Gasteiger partial charge in [0.25, 0.3) is 0 Å². The van der Waals surface area contributed by atoms with Gasteiger partial charge in [0.1, 0.15) is 0 Å². The third-order valence-corrected chi connectivity index (χ3v) is 7.95. The summed E-state index contributed by atoms with van der Waals surface area (Å²) in [5.74, 6) is 2.05. The minimum Gasteiger partial charge on any atom is -0.0654 e. The highest BCUT2D eigenvalue weighted by Crippen LogP contribution is 2.45. The summed E-state index contributed by atoms with van der Waals surface area (Å²) < 4.78 is 0. The Labute approximate surface area is 232 Å². The molecular weight excluding hydrogens is 444 g/mol. The molecule has 1 radical (unpaired) electrons. The molecule has 0 aliphatic rings. The van der Waals surface area contributed by atoms with Gasteiger partial charge in [-0.25, -0.2) is 0 Å². The predicted molar refractivity (Wildman–Crippen MR) is 167 cm³/mol. The third-order valence-electron chi connectivity index (χ3n) is 7.95. The van der Waals surface area contributed by atoms with Gasteiger partial charge in [0, 0.05) is 5.92 Å². The molecule has 37 heavy (non-hydrogen) atoms. The van der Waals surface area contributed by atoms with Gasteiger partial charge in [0.2, 0.25) is 0 Å². The summed E-state index contributed by atoms with van der Waals surface area (Å²) in [5.41, 5.74) is 9.13. The van der Waals surface area contributed by atoms with Crippen molar-refractivity contribution < 1.29 is 0 Å². The molecule has 2 aromatic carbocycles. The molecule has 0 saturated carbocycles. The third kappa shape index (κ3) is 8.21. The Morgan fingerprint density at radius 3 is 1.30 bits per heavy atom. The molecule has 0 fully saturated rings. The van der Waals surface area contributed by atoms with Gasteiger partial charge in [-0.15, -0.1) is 0 Å². The smallest absolute Gasteiger partial charge is 0.0374 e. The molecule has 0 nitrogen and oxygen atoms in total. The van der Waals surface area contributed by atoms with Crippen LogP contribution < -0.4 is 0 Å². The first-order valence-corrected chi connectivity index (χ1v) is 15.0. The molecular formula is C37H59. The van der Waals surface area contributed by atoms with E-state index in [0.29, 0.717) is 5.92 Å². The fraction of sp³-hybridized carbons (Fsp3) is 0.649. The highest BCUT2D eigenvalue weighted by atomic mass is 14.4. The maximum Gasteiger partial charge on any atom is 0.0374 e. The van der Waals surface area contributed by atoms with E-state index in [0.717, 1.165) is 0 Å². The van der Waals surface area contributed by atoms with Crippen molar-refractivity contribution in [2.75, 3.05) is 0 Å². The molecule has 0 N–H and O–H groups in total. The summed E-state index contributed by atoms with van der Waals surface area (Å²) in [4.78, 5) is 0. The molecule has 0 heterocycles. The van der Waals surface area contributed by atoms with Crippen molar-refractivity contribution in [2.24, 2.45) is 5.92 Å². The van der Waals surface area contributed by atoms with Crippen LogP contribution in [0.3, 0.4) is 0 Å². The Hall–Kier alpha value is -1.56. The van der Waals surface area contributed by atoms with Crippen molar-refractivity contribution in [2.45, 2.75) is 151 Å².